The van der Waals surface area contributed by atoms with E-state index < -0.39 is 0 Å². The molecule has 1 atom stereocenters. The van der Waals surface area contributed by atoms with Crippen molar-refractivity contribution < 1.29 is 0 Å². The van der Waals surface area contributed by atoms with E-state index in [0.717, 1.165) is 28.1 Å². The molecule has 0 aliphatic carbocycles. The van der Waals surface area contributed by atoms with Crippen LogP contribution >= 0.6 is 34.8 Å². The Hall–Kier alpha value is -1.22. The molecule has 108 valence electrons. The quantitative estimate of drug-likeness (QED) is 0.528. The number of aryl methyl sites for hydroxylation is 1. The lowest BCUT2D eigenvalue weighted by atomic mass is 10.2. The van der Waals surface area contributed by atoms with Crippen LogP contribution in [0.3, 0.4) is 0 Å². The number of halogens is 3. The van der Waals surface area contributed by atoms with Crippen molar-refractivity contribution in [3.05, 3.63) is 57.8 Å². The molecule has 0 saturated carbocycles. The largest absolute Gasteiger partial charge is 0.294 e. The van der Waals surface area contributed by atoms with Crippen molar-refractivity contribution >= 4 is 45.8 Å². The summed E-state index contributed by atoms with van der Waals surface area (Å²) in [5, 5.41) is 1.08. The highest BCUT2D eigenvalue weighted by Crippen LogP contribution is 2.32. The van der Waals surface area contributed by atoms with Gasteiger partial charge in [-0.15, -0.1) is 11.6 Å². The van der Waals surface area contributed by atoms with Crippen LogP contribution in [0.2, 0.25) is 10.0 Å². The molecule has 5 heteroatoms. The SMILES string of the molecule is Cc1ccc(-n2c(C(C)Cl)nc3cc(Cl)ccc32)c(Cl)c1. The van der Waals surface area contributed by atoms with Gasteiger partial charge in [-0.2, -0.15) is 0 Å². The minimum absolute atomic E-state index is 0.242. The summed E-state index contributed by atoms with van der Waals surface area (Å²) in [5.74, 6) is 0.750. The molecule has 0 saturated heterocycles. The number of nitrogens with zero attached hydrogens (tertiary/aromatic N) is 2. The zero-order valence-corrected chi connectivity index (χ0v) is 13.8. The van der Waals surface area contributed by atoms with E-state index in [-0.39, 0.29) is 5.38 Å². The molecule has 2 nitrogen and oxygen atoms in total. The third-order valence-electron chi connectivity index (χ3n) is 3.34. The molecule has 2 aromatic carbocycles. The van der Waals surface area contributed by atoms with E-state index in [4.69, 9.17) is 34.8 Å². The van der Waals surface area contributed by atoms with Crippen molar-refractivity contribution in [1.82, 2.24) is 9.55 Å². The fraction of sp³-hybridized carbons (Fsp3) is 0.188. The minimum Gasteiger partial charge on any atom is -0.294 e. The van der Waals surface area contributed by atoms with Gasteiger partial charge in [-0.1, -0.05) is 29.3 Å². The molecule has 0 amide bonds. The van der Waals surface area contributed by atoms with Gasteiger partial charge in [-0.25, -0.2) is 4.98 Å². The van der Waals surface area contributed by atoms with Gasteiger partial charge in [0.2, 0.25) is 0 Å². The van der Waals surface area contributed by atoms with E-state index in [2.05, 4.69) is 4.98 Å². The van der Waals surface area contributed by atoms with Gasteiger partial charge in [0, 0.05) is 5.02 Å². The zero-order valence-electron chi connectivity index (χ0n) is 11.6. The van der Waals surface area contributed by atoms with Gasteiger partial charge in [-0.3, -0.25) is 4.57 Å². The number of rotatable bonds is 2. The summed E-state index contributed by atoms with van der Waals surface area (Å²) in [6.45, 7) is 3.90. The molecule has 0 bridgehead atoms. The smallest absolute Gasteiger partial charge is 0.132 e. The molecule has 0 aliphatic rings. The van der Waals surface area contributed by atoms with E-state index in [1.54, 1.807) is 0 Å². The second-order valence-corrected chi connectivity index (χ2v) is 6.51. The van der Waals surface area contributed by atoms with Gasteiger partial charge in [0.05, 0.1) is 27.1 Å². The van der Waals surface area contributed by atoms with Crippen LogP contribution in [-0.4, -0.2) is 9.55 Å². The van der Waals surface area contributed by atoms with Crippen molar-refractivity contribution in [2.24, 2.45) is 0 Å². The maximum atomic E-state index is 6.41. The highest BCUT2D eigenvalue weighted by Gasteiger charge is 2.18. The van der Waals surface area contributed by atoms with Crippen LogP contribution < -0.4 is 0 Å². The average molecular weight is 340 g/mol. The van der Waals surface area contributed by atoms with Crippen LogP contribution in [0.15, 0.2) is 36.4 Å². The molecule has 21 heavy (non-hydrogen) atoms. The van der Waals surface area contributed by atoms with Crippen LogP contribution in [0, 0.1) is 6.92 Å². The lowest BCUT2D eigenvalue weighted by Crippen LogP contribution is -2.02. The summed E-state index contributed by atoms with van der Waals surface area (Å²) in [7, 11) is 0. The summed E-state index contributed by atoms with van der Waals surface area (Å²) in [6.07, 6.45) is 0. The highest BCUT2D eigenvalue weighted by atomic mass is 35.5. The summed E-state index contributed by atoms with van der Waals surface area (Å²) in [6, 6.07) is 11.5. The fourth-order valence-corrected chi connectivity index (χ4v) is 3.02. The topological polar surface area (TPSA) is 17.8 Å². The van der Waals surface area contributed by atoms with Gasteiger partial charge in [0.1, 0.15) is 5.82 Å². The predicted molar refractivity (Wildman–Crippen MR) is 90.1 cm³/mol. The second kappa shape index (κ2) is 5.53. The van der Waals surface area contributed by atoms with E-state index >= 15 is 0 Å². The van der Waals surface area contributed by atoms with Crippen LogP contribution in [0.25, 0.3) is 16.7 Å². The number of hydrogen-bond acceptors (Lipinski definition) is 1. The third-order valence-corrected chi connectivity index (χ3v) is 4.08. The van der Waals surface area contributed by atoms with Crippen LogP contribution in [0.5, 0.6) is 0 Å². The van der Waals surface area contributed by atoms with E-state index in [9.17, 15) is 0 Å². The number of benzene rings is 2. The highest BCUT2D eigenvalue weighted by molar-refractivity contribution is 6.32. The minimum atomic E-state index is -0.242. The Kier molecular flexibility index (Phi) is 3.87. The molecule has 3 rings (SSSR count). The Morgan fingerprint density at radius 3 is 2.52 bits per heavy atom. The van der Waals surface area contributed by atoms with E-state index in [1.807, 2.05) is 54.8 Å². The summed E-state index contributed by atoms with van der Waals surface area (Å²) >= 11 is 18.8. The molecule has 0 N–H and O–H groups in total. The number of alkyl halides is 1. The average Bonchev–Trinajstić information content (AvgIpc) is 2.77. The fourth-order valence-electron chi connectivity index (χ4n) is 2.39. The Bertz CT molecular complexity index is 822. The third kappa shape index (κ3) is 2.64. The van der Waals surface area contributed by atoms with E-state index in [0.29, 0.717) is 10.0 Å². The monoisotopic (exact) mass is 338 g/mol. The Morgan fingerprint density at radius 1 is 1.10 bits per heavy atom. The van der Waals surface area contributed by atoms with Crippen molar-refractivity contribution in [2.45, 2.75) is 19.2 Å². The molecular formula is C16H13Cl3N2. The van der Waals surface area contributed by atoms with Crippen molar-refractivity contribution in [3.63, 3.8) is 0 Å². The summed E-state index contributed by atoms with van der Waals surface area (Å²) in [4.78, 5) is 4.60. The van der Waals surface area contributed by atoms with Crippen LogP contribution in [0.4, 0.5) is 0 Å². The first-order chi connectivity index (χ1) is 9.97. The first-order valence-electron chi connectivity index (χ1n) is 6.56. The first kappa shape index (κ1) is 14.7. The Labute approximate surface area is 138 Å². The molecule has 1 aromatic heterocycles. The maximum absolute atomic E-state index is 6.41. The van der Waals surface area contributed by atoms with Crippen molar-refractivity contribution in [2.75, 3.05) is 0 Å². The molecule has 0 radical (unpaired) electrons. The second-order valence-electron chi connectivity index (χ2n) is 5.01. The van der Waals surface area contributed by atoms with Crippen LogP contribution in [-0.2, 0) is 0 Å². The van der Waals surface area contributed by atoms with Gasteiger partial charge < -0.3 is 0 Å². The van der Waals surface area contributed by atoms with Gasteiger partial charge in [-0.05, 0) is 49.7 Å². The maximum Gasteiger partial charge on any atom is 0.132 e. The molecular weight excluding hydrogens is 327 g/mol. The van der Waals surface area contributed by atoms with Gasteiger partial charge in [0.25, 0.3) is 0 Å². The molecule has 1 heterocycles. The number of aromatic nitrogens is 2. The molecule has 3 aromatic rings. The van der Waals surface area contributed by atoms with Crippen molar-refractivity contribution in [1.29, 1.82) is 0 Å². The molecule has 0 spiro atoms. The normalized spacial score (nSPS) is 12.8. The van der Waals surface area contributed by atoms with Crippen LogP contribution in [0.1, 0.15) is 23.7 Å². The number of hydrogen-bond donors (Lipinski definition) is 0. The van der Waals surface area contributed by atoms with Crippen molar-refractivity contribution in [3.8, 4) is 5.69 Å². The summed E-state index contributed by atoms with van der Waals surface area (Å²) in [5.41, 5.74) is 3.72. The standard InChI is InChI=1S/C16H13Cl3N2/c1-9-3-5-14(12(19)7-9)21-15-6-4-11(18)8-13(15)20-16(21)10(2)17/h3-8,10H,1-2H3. The number of imidazole rings is 1. The molecule has 0 fully saturated rings. The number of fused-ring (bicyclic) bond motifs is 1. The lowest BCUT2D eigenvalue weighted by Gasteiger charge is -2.12. The van der Waals surface area contributed by atoms with Gasteiger partial charge >= 0.3 is 0 Å². The van der Waals surface area contributed by atoms with E-state index in [1.165, 1.54) is 0 Å². The summed E-state index contributed by atoms with van der Waals surface area (Å²) < 4.78 is 1.99. The predicted octanol–water partition coefficient (Wildman–Crippen LogP) is 5.94. The first-order valence-corrected chi connectivity index (χ1v) is 7.75. The van der Waals surface area contributed by atoms with Gasteiger partial charge in [0.15, 0.2) is 0 Å². The Morgan fingerprint density at radius 2 is 1.86 bits per heavy atom. The molecule has 1 unspecified atom stereocenters. The lowest BCUT2D eigenvalue weighted by molar-refractivity contribution is 0.882. The Balaban J connectivity index is 2.36. The molecule has 0 aliphatic heterocycles. The zero-order chi connectivity index (χ0) is 15.1.